The van der Waals surface area contributed by atoms with E-state index < -0.39 is 12.5 Å². The third kappa shape index (κ3) is 5.67. The molecule has 3 atom stereocenters. The van der Waals surface area contributed by atoms with Crippen LogP contribution in [-0.4, -0.2) is 45.9 Å². The Morgan fingerprint density at radius 2 is 1.79 bits per heavy atom. The van der Waals surface area contributed by atoms with E-state index in [1.165, 1.54) is 13.0 Å². The van der Waals surface area contributed by atoms with E-state index in [4.69, 9.17) is 5.73 Å². The summed E-state index contributed by atoms with van der Waals surface area (Å²) in [4.78, 5) is 37.0. The zero-order valence-corrected chi connectivity index (χ0v) is 18.8. The third-order valence-corrected chi connectivity index (χ3v) is 6.50. The minimum absolute atomic E-state index is 0.0515. The molecule has 0 radical (unpaired) electrons. The molecule has 3 unspecified atom stereocenters. The topological polar surface area (TPSA) is 138 Å². The standard InChI is InChI=1S/C26H31NO6/c1-15(30)10-24(32)22(14-29)18(8-9-28)11-16-12-21-20(17-2-4-19(27)5-3-17)6-7-23(31)26(21)25(33)13-16/h2-7,16,18,22,28-29,31H,8-14,27H2,1H3. The number of Topliss-reactive ketones (excluding diaryl/α,β-unsaturated/α-hetero) is 3. The third-order valence-electron chi connectivity index (χ3n) is 6.50. The first-order chi connectivity index (χ1) is 15.7. The van der Waals surface area contributed by atoms with Crippen molar-refractivity contribution >= 4 is 23.0 Å². The van der Waals surface area contributed by atoms with Crippen LogP contribution in [0, 0.1) is 17.8 Å². The Hall–Kier alpha value is -3.03. The number of benzene rings is 2. The molecule has 0 saturated carbocycles. The van der Waals surface area contributed by atoms with Crippen molar-refractivity contribution in [3.8, 4) is 16.9 Å². The van der Waals surface area contributed by atoms with Crippen molar-refractivity contribution in [1.82, 2.24) is 0 Å². The van der Waals surface area contributed by atoms with Crippen molar-refractivity contribution in [1.29, 1.82) is 0 Å². The Morgan fingerprint density at radius 1 is 1.09 bits per heavy atom. The maximum absolute atomic E-state index is 13.0. The van der Waals surface area contributed by atoms with Crippen LogP contribution < -0.4 is 5.73 Å². The number of ketones is 3. The van der Waals surface area contributed by atoms with E-state index in [2.05, 4.69) is 0 Å². The quantitative estimate of drug-likeness (QED) is 0.320. The van der Waals surface area contributed by atoms with Crippen LogP contribution in [0.5, 0.6) is 5.75 Å². The summed E-state index contributed by atoms with van der Waals surface area (Å²) in [5.74, 6) is -2.09. The maximum Gasteiger partial charge on any atom is 0.167 e. The zero-order chi connectivity index (χ0) is 24.1. The van der Waals surface area contributed by atoms with E-state index in [-0.39, 0.29) is 60.8 Å². The number of nitrogen functional groups attached to an aromatic ring is 1. The Labute approximate surface area is 193 Å². The summed E-state index contributed by atoms with van der Waals surface area (Å²) in [6, 6.07) is 10.6. The predicted molar refractivity (Wildman–Crippen MR) is 125 cm³/mol. The van der Waals surface area contributed by atoms with Crippen LogP contribution in [0.25, 0.3) is 11.1 Å². The SMILES string of the molecule is CC(=O)CC(=O)C(CO)C(CCO)CC1CC(=O)c2c(O)ccc(-c3ccc(N)cc3)c2C1. The second kappa shape index (κ2) is 10.7. The molecule has 0 heterocycles. The lowest BCUT2D eigenvalue weighted by Crippen LogP contribution is -2.32. The van der Waals surface area contributed by atoms with Crippen LogP contribution in [0.4, 0.5) is 5.69 Å². The molecule has 5 N–H and O–H groups in total. The second-order valence-corrected chi connectivity index (χ2v) is 8.95. The molecule has 33 heavy (non-hydrogen) atoms. The summed E-state index contributed by atoms with van der Waals surface area (Å²) < 4.78 is 0. The number of anilines is 1. The first-order valence-corrected chi connectivity index (χ1v) is 11.2. The van der Waals surface area contributed by atoms with Gasteiger partial charge in [0.15, 0.2) is 5.78 Å². The fraction of sp³-hybridized carbons (Fsp3) is 0.423. The number of rotatable bonds is 10. The van der Waals surface area contributed by atoms with Crippen LogP contribution in [0.15, 0.2) is 36.4 Å². The highest BCUT2D eigenvalue weighted by Gasteiger charge is 2.35. The number of aromatic hydroxyl groups is 1. The lowest BCUT2D eigenvalue weighted by atomic mass is 9.72. The molecule has 0 amide bonds. The zero-order valence-electron chi connectivity index (χ0n) is 18.8. The summed E-state index contributed by atoms with van der Waals surface area (Å²) in [6.07, 6.45) is 1.19. The Bertz CT molecular complexity index is 1030. The summed E-state index contributed by atoms with van der Waals surface area (Å²) >= 11 is 0. The van der Waals surface area contributed by atoms with Crippen molar-refractivity contribution in [2.45, 2.75) is 39.0 Å². The molecule has 7 nitrogen and oxygen atoms in total. The number of carbonyl (C=O) groups is 3. The Morgan fingerprint density at radius 3 is 2.39 bits per heavy atom. The molecular formula is C26H31NO6. The van der Waals surface area contributed by atoms with Crippen molar-refractivity contribution in [2.75, 3.05) is 18.9 Å². The number of phenols is 1. The fourth-order valence-corrected chi connectivity index (χ4v) is 4.95. The van der Waals surface area contributed by atoms with Crippen LogP contribution in [0.3, 0.4) is 0 Å². The molecule has 0 aliphatic heterocycles. The van der Waals surface area contributed by atoms with Gasteiger partial charge < -0.3 is 21.1 Å². The number of nitrogens with two attached hydrogens (primary N) is 1. The van der Waals surface area contributed by atoms with Gasteiger partial charge in [-0.05, 0) is 72.9 Å². The van der Waals surface area contributed by atoms with Crippen molar-refractivity contribution in [3.05, 3.63) is 47.5 Å². The van der Waals surface area contributed by atoms with Gasteiger partial charge in [-0.25, -0.2) is 0 Å². The summed E-state index contributed by atoms with van der Waals surface area (Å²) in [5, 5.41) is 29.8. The van der Waals surface area contributed by atoms with Crippen LogP contribution in [0.2, 0.25) is 0 Å². The highest BCUT2D eigenvalue weighted by Crippen LogP contribution is 2.41. The average molecular weight is 454 g/mol. The number of carbonyl (C=O) groups excluding carboxylic acids is 3. The van der Waals surface area contributed by atoms with Crippen LogP contribution in [-0.2, 0) is 16.0 Å². The summed E-state index contributed by atoms with van der Waals surface area (Å²) in [6.45, 7) is 0.754. The molecule has 1 aliphatic carbocycles. The molecule has 3 rings (SSSR count). The largest absolute Gasteiger partial charge is 0.507 e. The van der Waals surface area contributed by atoms with Gasteiger partial charge in [-0.15, -0.1) is 0 Å². The van der Waals surface area contributed by atoms with Crippen LogP contribution in [0.1, 0.15) is 48.5 Å². The Balaban J connectivity index is 1.91. The number of hydrogen-bond acceptors (Lipinski definition) is 7. The van der Waals surface area contributed by atoms with E-state index >= 15 is 0 Å². The molecule has 7 heteroatoms. The molecule has 1 aliphatic rings. The number of fused-ring (bicyclic) bond motifs is 1. The molecule has 2 aromatic rings. The lowest BCUT2D eigenvalue weighted by molar-refractivity contribution is -0.131. The fourth-order valence-electron chi connectivity index (χ4n) is 4.95. The van der Waals surface area contributed by atoms with Gasteiger partial charge in [-0.1, -0.05) is 18.2 Å². The van der Waals surface area contributed by atoms with Gasteiger partial charge in [-0.3, -0.25) is 14.4 Å². The van der Waals surface area contributed by atoms with Crippen molar-refractivity contribution in [3.63, 3.8) is 0 Å². The molecule has 0 bridgehead atoms. The molecule has 0 fully saturated rings. The van der Waals surface area contributed by atoms with Gasteiger partial charge in [0.05, 0.1) is 18.6 Å². The van der Waals surface area contributed by atoms with E-state index in [0.29, 0.717) is 24.1 Å². The molecule has 0 aromatic heterocycles. The van der Waals surface area contributed by atoms with Crippen LogP contribution >= 0.6 is 0 Å². The first kappa shape index (κ1) is 24.6. The number of aliphatic hydroxyl groups excluding tert-OH is 2. The average Bonchev–Trinajstić information content (AvgIpc) is 2.74. The molecule has 0 spiro atoms. The van der Waals surface area contributed by atoms with Gasteiger partial charge >= 0.3 is 0 Å². The van der Waals surface area contributed by atoms with Gasteiger partial charge in [-0.2, -0.15) is 0 Å². The normalized spacial score (nSPS) is 17.3. The molecule has 0 saturated heterocycles. The Kier molecular flexibility index (Phi) is 8.00. The van der Waals surface area contributed by atoms with Gasteiger partial charge in [0.25, 0.3) is 0 Å². The molecular weight excluding hydrogens is 422 g/mol. The lowest BCUT2D eigenvalue weighted by Gasteiger charge is -2.31. The minimum Gasteiger partial charge on any atom is -0.507 e. The maximum atomic E-state index is 13.0. The number of hydrogen-bond donors (Lipinski definition) is 4. The van der Waals surface area contributed by atoms with E-state index in [0.717, 1.165) is 16.7 Å². The highest BCUT2D eigenvalue weighted by molar-refractivity contribution is 6.03. The van der Waals surface area contributed by atoms with Crippen molar-refractivity contribution < 1.29 is 29.7 Å². The monoisotopic (exact) mass is 453 g/mol. The predicted octanol–water partition coefficient (Wildman–Crippen LogP) is 2.93. The minimum atomic E-state index is -0.765. The first-order valence-electron chi connectivity index (χ1n) is 11.2. The number of aliphatic hydroxyl groups is 2. The van der Waals surface area contributed by atoms with E-state index in [1.807, 2.05) is 12.1 Å². The van der Waals surface area contributed by atoms with Crippen molar-refractivity contribution in [2.24, 2.45) is 17.8 Å². The second-order valence-electron chi connectivity index (χ2n) is 8.95. The molecule has 2 aromatic carbocycles. The van der Waals surface area contributed by atoms with Gasteiger partial charge in [0, 0.05) is 24.6 Å². The summed E-state index contributed by atoms with van der Waals surface area (Å²) in [5.41, 5.74) is 9.22. The smallest absolute Gasteiger partial charge is 0.167 e. The van der Waals surface area contributed by atoms with Gasteiger partial charge in [0.2, 0.25) is 0 Å². The van der Waals surface area contributed by atoms with Gasteiger partial charge in [0.1, 0.15) is 17.3 Å². The van der Waals surface area contributed by atoms with E-state index in [1.54, 1.807) is 18.2 Å². The molecule has 176 valence electrons. The summed E-state index contributed by atoms with van der Waals surface area (Å²) in [7, 11) is 0. The highest BCUT2D eigenvalue weighted by atomic mass is 16.3. The van der Waals surface area contributed by atoms with E-state index in [9.17, 15) is 29.7 Å². The number of phenolic OH excluding ortho intramolecular Hbond substituents is 1.